The monoisotopic (exact) mass is 414 g/mol. The number of thiocarbonyl (C=S) groups is 1. The predicted octanol–water partition coefficient (Wildman–Crippen LogP) is 2.91. The zero-order valence-corrected chi connectivity index (χ0v) is 16.0. The van der Waals surface area contributed by atoms with Gasteiger partial charge in [0.15, 0.2) is 16.6 Å². The summed E-state index contributed by atoms with van der Waals surface area (Å²) >= 11 is 8.64. The molecule has 1 aliphatic heterocycles. The molecule has 1 aromatic carbocycles. The molecule has 1 aliphatic rings. The van der Waals surface area contributed by atoms with Crippen LogP contribution in [0.15, 0.2) is 27.9 Å². The van der Waals surface area contributed by atoms with E-state index in [9.17, 15) is 9.90 Å². The van der Waals surface area contributed by atoms with Crippen molar-refractivity contribution in [2.24, 2.45) is 0 Å². The fourth-order valence-corrected chi connectivity index (χ4v) is 3.29. The Bertz CT molecular complexity index is 706. The normalized spacial score (nSPS) is 17.2. The molecule has 0 saturated heterocycles. The van der Waals surface area contributed by atoms with Crippen molar-refractivity contribution in [2.45, 2.75) is 26.8 Å². The Morgan fingerprint density at radius 3 is 2.71 bits per heavy atom. The Morgan fingerprint density at radius 2 is 2.08 bits per heavy atom. The lowest BCUT2D eigenvalue weighted by Crippen LogP contribution is -2.45. The molecule has 8 heteroatoms. The molecule has 3 N–H and O–H groups in total. The number of carbonyl (C=O) groups is 1. The minimum absolute atomic E-state index is 0.0161. The third-order valence-electron chi connectivity index (χ3n) is 3.45. The Balaban J connectivity index is 2.55. The standard InChI is InChI=1S/C16H19BrN2O4S/c1-4-22-12-6-9(10(17)7-11(12)20)14-13(15(21)23-5-2)8(3)18-16(24)19-14/h6-7,14,20H,4-5H2,1-3H3,(H2,18,19,24)/t14-/m1/s1. The Kier molecular flexibility index (Phi) is 6.06. The molecule has 0 radical (unpaired) electrons. The van der Waals surface area contributed by atoms with Crippen LogP contribution in [0.1, 0.15) is 32.4 Å². The summed E-state index contributed by atoms with van der Waals surface area (Å²) < 4.78 is 11.2. The summed E-state index contributed by atoms with van der Waals surface area (Å²) in [5.74, 6) is -0.0781. The first-order valence-electron chi connectivity index (χ1n) is 7.49. The van der Waals surface area contributed by atoms with Crippen LogP contribution in [0.2, 0.25) is 0 Å². The molecule has 6 nitrogen and oxygen atoms in total. The third kappa shape index (κ3) is 3.81. The fraction of sp³-hybridized carbons (Fsp3) is 0.375. The number of ether oxygens (including phenoxy) is 2. The van der Waals surface area contributed by atoms with Gasteiger partial charge in [0.2, 0.25) is 0 Å². The van der Waals surface area contributed by atoms with E-state index in [0.717, 1.165) is 0 Å². The SMILES string of the molecule is CCOC(=O)C1=C(C)NC(=S)N[C@@H]1c1cc(OCC)c(O)cc1Br. The van der Waals surface area contributed by atoms with Gasteiger partial charge in [-0.05, 0) is 50.7 Å². The number of halogens is 1. The predicted molar refractivity (Wildman–Crippen MR) is 97.9 cm³/mol. The minimum atomic E-state index is -0.521. The van der Waals surface area contributed by atoms with Gasteiger partial charge in [-0.15, -0.1) is 0 Å². The van der Waals surface area contributed by atoms with Gasteiger partial charge in [0.1, 0.15) is 0 Å². The van der Waals surface area contributed by atoms with Crippen LogP contribution < -0.4 is 15.4 Å². The number of allylic oxidation sites excluding steroid dienone is 1. The van der Waals surface area contributed by atoms with Gasteiger partial charge in [-0.2, -0.15) is 0 Å². The third-order valence-corrected chi connectivity index (χ3v) is 4.36. The van der Waals surface area contributed by atoms with Gasteiger partial charge in [0, 0.05) is 10.2 Å². The molecule has 0 aliphatic carbocycles. The first kappa shape index (κ1) is 18.5. The van der Waals surface area contributed by atoms with E-state index >= 15 is 0 Å². The summed E-state index contributed by atoms with van der Waals surface area (Å²) in [7, 11) is 0. The molecule has 1 heterocycles. The highest BCUT2D eigenvalue weighted by Crippen LogP contribution is 2.39. The van der Waals surface area contributed by atoms with Crippen molar-refractivity contribution in [1.29, 1.82) is 0 Å². The average Bonchev–Trinajstić information content (AvgIpc) is 2.49. The molecule has 24 heavy (non-hydrogen) atoms. The van der Waals surface area contributed by atoms with E-state index in [-0.39, 0.29) is 12.4 Å². The Labute approximate surface area is 154 Å². The summed E-state index contributed by atoms with van der Waals surface area (Å²) in [5, 5.41) is 16.4. The van der Waals surface area contributed by atoms with E-state index < -0.39 is 12.0 Å². The van der Waals surface area contributed by atoms with Crippen molar-refractivity contribution in [3.8, 4) is 11.5 Å². The number of carbonyl (C=O) groups excluding carboxylic acids is 1. The van der Waals surface area contributed by atoms with Crippen LogP contribution in [0.4, 0.5) is 0 Å². The number of phenols is 1. The molecule has 2 rings (SSSR count). The zero-order chi connectivity index (χ0) is 17.9. The maximum atomic E-state index is 12.4. The topological polar surface area (TPSA) is 79.8 Å². The van der Waals surface area contributed by atoms with Gasteiger partial charge in [-0.1, -0.05) is 15.9 Å². The van der Waals surface area contributed by atoms with Crippen LogP contribution in [0.5, 0.6) is 11.5 Å². The number of esters is 1. The molecule has 0 fully saturated rings. The summed E-state index contributed by atoms with van der Waals surface area (Å²) in [4.78, 5) is 12.4. The lowest BCUT2D eigenvalue weighted by Gasteiger charge is -2.30. The van der Waals surface area contributed by atoms with Crippen molar-refractivity contribution in [1.82, 2.24) is 10.6 Å². The highest BCUT2D eigenvalue weighted by Gasteiger charge is 2.32. The second kappa shape index (κ2) is 7.85. The molecular weight excluding hydrogens is 396 g/mol. The van der Waals surface area contributed by atoms with Crippen molar-refractivity contribution in [2.75, 3.05) is 13.2 Å². The fourth-order valence-electron chi connectivity index (χ4n) is 2.46. The molecular formula is C16H19BrN2O4S. The van der Waals surface area contributed by atoms with Gasteiger partial charge >= 0.3 is 5.97 Å². The quantitative estimate of drug-likeness (QED) is 0.504. The molecule has 0 amide bonds. The second-order valence-electron chi connectivity index (χ2n) is 5.07. The molecule has 0 bridgehead atoms. The van der Waals surface area contributed by atoms with E-state index in [2.05, 4.69) is 26.6 Å². The Morgan fingerprint density at radius 1 is 1.38 bits per heavy atom. The first-order valence-corrected chi connectivity index (χ1v) is 8.69. The van der Waals surface area contributed by atoms with Crippen molar-refractivity contribution < 1.29 is 19.4 Å². The molecule has 130 valence electrons. The van der Waals surface area contributed by atoms with Gasteiger partial charge in [0.25, 0.3) is 0 Å². The van der Waals surface area contributed by atoms with E-state index in [0.29, 0.717) is 38.8 Å². The van der Waals surface area contributed by atoms with Crippen LogP contribution in [-0.2, 0) is 9.53 Å². The highest BCUT2D eigenvalue weighted by molar-refractivity contribution is 9.10. The van der Waals surface area contributed by atoms with Crippen LogP contribution in [0, 0.1) is 0 Å². The van der Waals surface area contributed by atoms with Crippen LogP contribution in [0.25, 0.3) is 0 Å². The Hall–Kier alpha value is -1.80. The number of rotatable bonds is 5. The van der Waals surface area contributed by atoms with Crippen LogP contribution >= 0.6 is 28.1 Å². The number of aromatic hydroxyl groups is 1. The molecule has 1 atom stereocenters. The lowest BCUT2D eigenvalue weighted by atomic mass is 9.95. The van der Waals surface area contributed by atoms with Gasteiger partial charge in [-0.25, -0.2) is 4.79 Å². The summed E-state index contributed by atoms with van der Waals surface area (Å²) in [6.07, 6.45) is 0. The molecule has 0 saturated carbocycles. The van der Waals surface area contributed by atoms with E-state index in [1.165, 1.54) is 6.07 Å². The summed E-state index contributed by atoms with van der Waals surface area (Å²) in [5.41, 5.74) is 1.77. The molecule has 0 unspecified atom stereocenters. The average molecular weight is 415 g/mol. The van der Waals surface area contributed by atoms with E-state index in [1.54, 1.807) is 19.9 Å². The zero-order valence-electron chi connectivity index (χ0n) is 13.6. The number of phenolic OH excluding ortho intramolecular Hbond substituents is 1. The van der Waals surface area contributed by atoms with E-state index in [4.69, 9.17) is 21.7 Å². The number of hydrogen-bond acceptors (Lipinski definition) is 5. The minimum Gasteiger partial charge on any atom is -0.504 e. The smallest absolute Gasteiger partial charge is 0.338 e. The van der Waals surface area contributed by atoms with Crippen LogP contribution in [-0.4, -0.2) is 29.4 Å². The second-order valence-corrected chi connectivity index (χ2v) is 6.33. The maximum absolute atomic E-state index is 12.4. The maximum Gasteiger partial charge on any atom is 0.338 e. The molecule has 0 spiro atoms. The largest absolute Gasteiger partial charge is 0.504 e. The number of hydrogen-bond donors (Lipinski definition) is 3. The summed E-state index contributed by atoms with van der Waals surface area (Å²) in [6, 6.07) is 2.69. The molecule has 0 aromatic heterocycles. The van der Waals surface area contributed by atoms with E-state index in [1.807, 2.05) is 6.92 Å². The number of nitrogens with one attached hydrogen (secondary N) is 2. The first-order chi connectivity index (χ1) is 11.4. The van der Waals surface area contributed by atoms with Gasteiger partial charge in [0.05, 0.1) is 24.8 Å². The molecule has 1 aromatic rings. The highest BCUT2D eigenvalue weighted by atomic mass is 79.9. The number of benzene rings is 1. The van der Waals surface area contributed by atoms with Crippen molar-refractivity contribution in [3.05, 3.63) is 33.4 Å². The van der Waals surface area contributed by atoms with Crippen LogP contribution in [0.3, 0.4) is 0 Å². The van der Waals surface area contributed by atoms with Crippen molar-refractivity contribution >= 4 is 39.2 Å². The summed E-state index contributed by atoms with van der Waals surface area (Å²) in [6.45, 7) is 6.03. The van der Waals surface area contributed by atoms with Gasteiger partial charge in [-0.3, -0.25) is 0 Å². The lowest BCUT2D eigenvalue weighted by molar-refractivity contribution is -0.139. The van der Waals surface area contributed by atoms with Crippen molar-refractivity contribution in [3.63, 3.8) is 0 Å². The van der Waals surface area contributed by atoms with Gasteiger partial charge < -0.3 is 25.2 Å².